The first-order chi connectivity index (χ1) is 20.6. The SMILES string of the molecule is COc1ccc([C@H]2C3=C(N=c4s/c(=C\c5ccc(Sc6nc7ccccc7[nH]6)o5)c(=O)n42)c2ccccc2CC3)cc1. The molecule has 0 unspecified atom stereocenters. The lowest BCUT2D eigenvalue weighted by Crippen LogP contribution is -2.38. The molecule has 1 aliphatic heterocycles. The Balaban J connectivity index is 1.22. The van der Waals surface area contributed by atoms with Crippen molar-refractivity contribution >= 4 is 45.9 Å². The zero-order chi connectivity index (χ0) is 28.2. The van der Waals surface area contributed by atoms with E-state index in [4.69, 9.17) is 14.1 Å². The Morgan fingerprint density at radius 1 is 1.02 bits per heavy atom. The van der Waals surface area contributed by atoms with E-state index in [2.05, 4.69) is 34.2 Å². The third-order valence-corrected chi connectivity index (χ3v) is 9.54. The molecule has 1 N–H and O–H groups in total. The van der Waals surface area contributed by atoms with Gasteiger partial charge in [-0.25, -0.2) is 9.98 Å². The van der Waals surface area contributed by atoms with Crippen molar-refractivity contribution in [3.8, 4) is 5.75 Å². The summed E-state index contributed by atoms with van der Waals surface area (Å²) in [6.45, 7) is 0. The highest BCUT2D eigenvalue weighted by Gasteiger charge is 2.32. The van der Waals surface area contributed by atoms with Crippen LogP contribution in [0.15, 0.2) is 115 Å². The number of aryl methyl sites for hydroxylation is 1. The van der Waals surface area contributed by atoms with Crippen LogP contribution in [0.25, 0.3) is 22.8 Å². The fraction of sp³-hybridized carbons (Fsp3) is 0.121. The lowest BCUT2D eigenvalue weighted by Gasteiger charge is -2.30. The highest BCUT2D eigenvalue weighted by atomic mass is 32.2. The molecule has 0 amide bonds. The van der Waals surface area contributed by atoms with E-state index in [9.17, 15) is 4.79 Å². The van der Waals surface area contributed by atoms with Crippen molar-refractivity contribution in [2.75, 3.05) is 7.11 Å². The van der Waals surface area contributed by atoms with Gasteiger partial charge in [0.15, 0.2) is 15.1 Å². The lowest BCUT2D eigenvalue weighted by atomic mass is 9.83. The van der Waals surface area contributed by atoms with Crippen LogP contribution >= 0.6 is 23.1 Å². The van der Waals surface area contributed by atoms with E-state index >= 15 is 0 Å². The zero-order valence-corrected chi connectivity index (χ0v) is 24.2. The van der Waals surface area contributed by atoms with Crippen LogP contribution in [0, 0.1) is 0 Å². The Morgan fingerprint density at radius 2 is 1.86 bits per heavy atom. The van der Waals surface area contributed by atoms with Crippen molar-refractivity contribution in [3.05, 3.63) is 133 Å². The first-order valence-electron chi connectivity index (χ1n) is 13.6. The fourth-order valence-electron chi connectivity index (χ4n) is 5.78. The number of aromatic amines is 1. The van der Waals surface area contributed by atoms with Gasteiger partial charge in [0, 0.05) is 11.6 Å². The molecule has 2 aliphatic rings. The minimum absolute atomic E-state index is 0.0761. The number of nitrogens with zero attached hydrogens (tertiary/aromatic N) is 3. The molecule has 3 aromatic carbocycles. The monoisotopic (exact) mass is 588 g/mol. The predicted molar refractivity (Wildman–Crippen MR) is 165 cm³/mol. The summed E-state index contributed by atoms with van der Waals surface area (Å²) in [6.07, 6.45) is 3.57. The molecule has 0 saturated carbocycles. The third-order valence-electron chi connectivity index (χ3n) is 7.74. The molecule has 8 rings (SSSR count). The van der Waals surface area contributed by atoms with E-state index < -0.39 is 0 Å². The Labute approximate surface area is 248 Å². The largest absolute Gasteiger partial charge is 0.497 e. The van der Waals surface area contributed by atoms with Crippen LogP contribution < -0.4 is 19.6 Å². The first-order valence-corrected chi connectivity index (χ1v) is 15.3. The molecular weight excluding hydrogens is 565 g/mol. The summed E-state index contributed by atoms with van der Waals surface area (Å²) in [5, 5.41) is 1.44. The van der Waals surface area contributed by atoms with Crippen LogP contribution in [0.5, 0.6) is 5.75 Å². The van der Waals surface area contributed by atoms with Crippen LogP contribution in [0.3, 0.4) is 0 Å². The molecule has 0 bridgehead atoms. The molecule has 206 valence electrons. The molecule has 4 heterocycles. The van der Waals surface area contributed by atoms with Gasteiger partial charge in [0.1, 0.15) is 11.5 Å². The molecule has 0 spiro atoms. The highest BCUT2D eigenvalue weighted by molar-refractivity contribution is 7.99. The van der Waals surface area contributed by atoms with E-state index in [1.165, 1.54) is 34.2 Å². The van der Waals surface area contributed by atoms with Crippen LogP contribution in [0.2, 0.25) is 0 Å². The molecule has 0 radical (unpaired) electrons. The highest BCUT2D eigenvalue weighted by Crippen LogP contribution is 2.41. The topological polar surface area (TPSA) is 85.4 Å². The number of thiazole rings is 1. The average Bonchev–Trinajstić information content (AvgIpc) is 3.73. The Kier molecular flexibility index (Phi) is 6.01. The number of ether oxygens (including phenoxy) is 1. The third kappa shape index (κ3) is 4.24. The molecule has 3 aromatic heterocycles. The average molecular weight is 589 g/mol. The molecule has 9 heteroatoms. The summed E-state index contributed by atoms with van der Waals surface area (Å²) in [5.74, 6) is 1.39. The number of allylic oxidation sites excluding steroid dienone is 1. The lowest BCUT2D eigenvalue weighted by molar-refractivity contribution is 0.414. The number of hydrogen-bond donors (Lipinski definition) is 1. The quantitative estimate of drug-likeness (QED) is 0.269. The number of fused-ring (bicyclic) bond motifs is 4. The summed E-state index contributed by atoms with van der Waals surface area (Å²) in [5.41, 5.74) is 7.43. The van der Waals surface area contributed by atoms with Gasteiger partial charge in [0.2, 0.25) is 0 Å². The molecule has 1 atom stereocenters. The maximum Gasteiger partial charge on any atom is 0.271 e. The Bertz CT molecular complexity index is 2170. The number of rotatable bonds is 5. The summed E-state index contributed by atoms with van der Waals surface area (Å²) in [4.78, 5) is 27.7. The Hall–Kier alpha value is -4.60. The van der Waals surface area contributed by atoms with Gasteiger partial charge in [0.05, 0.1) is 34.4 Å². The smallest absolute Gasteiger partial charge is 0.271 e. The van der Waals surface area contributed by atoms with Gasteiger partial charge >= 0.3 is 0 Å². The number of benzene rings is 3. The summed E-state index contributed by atoms with van der Waals surface area (Å²) in [6, 6.07) is 27.9. The van der Waals surface area contributed by atoms with Gasteiger partial charge in [-0.15, -0.1) is 0 Å². The van der Waals surface area contributed by atoms with E-state index in [1.54, 1.807) is 7.11 Å². The zero-order valence-electron chi connectivity index (χ0n) is 22.5. The standard InChI is InChI=1S/C33H24N4O3S2/c1-39-21-13-10-20(11-14-21)30-24-16-12-19-6-2-3-7-23(19)29(24)36-33-37(30)31(38)27(41-33)18-22-15-17-28(40-22)42-32-34-25-8-4-5-9-26(25)35-32/h2-11,13-15,17-18,30H,12,16H2,1H3,(H,34,35)/b27-18-/t30-/m0/s1. The number of H-pyrrole nitrogens is 1. The molecule has 0 saturated heterocycles. The summed E-state index contributed by atoms with van der Waals surface area (Å²) in [7, 11) is 1.66. The predicted octanol–water partition coefficient (Wildman–Crippen LogP) is 5.95. The summed E-state index contributed by atoms with van der Waals surface area (Å²) >= 11 is 2.81. The molecule has 1 aliphatic carbocycles. The van der Waals surface area contributed by atoms with Crippen molar-refractivity contribution in [2.24, 2.45) is 4.99 Å². The number of imidazole rings is 1. The second-order valence-electron chi connectivity index (χ2n) is 10.2. The molecule has 0 fully saturated rings. The number of furan rings is 1. The van der Waals surface area contributed by atoms with Crippen molar-refractivity contribution in [1.82, 2.24) is 14.5 Å². The molecule has 7 nitrogen and oxygen atoms in total. The van der Waals surface area contributed by atoms with Gasteiger partial charge in [0.25, 0.3) is 5.56 Å². The maximum absolute atomic E-state index is 14.0. The van der Waals surface area contributed by atoms with E-state index in [0.717, 1.165) is 51.6 Å². The summed E-state index contributed by atoms with van der Waals surface area (Å²) < 4.78 is 13.9. The second kappa shape index (κ2) is 10.0. The molecule has 42 heavy (non-hydrogen) atoms. The minimum atomic E-state index is -0.242. The number of nitrogens with one attached hydrogen (secondary N) is 1. The van der Waals surface area contributed by atoms with Crippen LogP contribution in [-0.4, -0.2) is 21.6 Å². The van der Waals surface area contributed by atoms with Crippen molar-refractivity contribution in [3.63, 3.8) is 0 Å². The van der Waals surface area contributed by atoms with Crippen LogP contribution in [0.4, 0.5) is 0 Å². The van der Waals surface area contributed by atoms with Gasteiger partial charge in [-0.3, -0.25) is 9.36 Å². The number of hydrogen-bond acceptors (Lipinski definition) is 7. The second-order valence-corrected chi connectivity index (χ2v) is 12.2. The molecule has 6 aromatic rings. The fourth-order valence-corrected chi connectivity index (χ4v) is 7.53. The van der Waals surface area contributed by atoms with E-state index in [0.29, 0.717) is 20.2 Å². The van der Waals surface area contributed by atoms with Crippen LogP contribution in [0.1, 0.15) is 34.9 Å². The van der Waals surface area contributed by atoms with Crippen LogP contribution in [-0.2, 0) is 6.42 Å². The number of methoxy groups -OCH3 is 1. The minimum Gasteiger partial charge on any atom is -0.497 e. The van der Waals surface area contributed by atoms with Gasteiger partial charge in [-0.1, -0.05) is 59.9 Å². The first kappa shape index (κ1) is 25.1. The normalized spacial score (nSPS) is 16.2. The van der Waals surface area contributed by atoms with Gasteiger partial charge in [-0.2, -0.15) is 0 Å². The number of para-hydroxylation sites is 2. The van der Waals surface area contributed by atoms with Crippen molar-refractivity contribution in [2.45, 2.75) is 29.1 Å². The number of aromatic nitrogens is 3. The van der Waals surface area contributed by atoms with Crippen molar-refractivity contribution in [1.29, 1.82) is 0 Å². The maximum atomic E-state index is 14.0. The van der Waals surface area contributed by atoms with Gasteiger partial charge in [-0.05, 0) is 77.7 Å². The Morgan fingerprint density at radius 3 is 2.71 bits per heavy atom. The van der Waals surface area contributed by atoms with Crippen molar-refractivity contribution < 1.29 is 9.15 Å². The van der Waals surface area contributed by atoms with E-state index in [-0.39, 0.29) is 11.6 Å². The van der Waals surface area contributed by atoms with E-state index in [1.807, 2.05) is 71.3 Å². The molecular formula is C33H24N4O3S2. The van der Waals surface area contributed by atoms with Gasteiger partial charge < -0.3 is 14.1 Å².